The van der Waals surface area contributed by atoms with Crippen molar-refractivity contribution >= 4 is 39.9 Å². The van der Waals surface area contributed by atoms with Crippen molar-refractivity contribution in [3.63, 3.8) is 0 Å². The Hall–Kier alpha value is -3.11. The minimum Gasteiger partial charge on any atom is -0.309 e. The second kappa shape index (κ2) is 7.24. The van der Waals surface area contributed by atoms with Gasteiger partial charge in [-0.3, -0.25) is 14.9 Å². The number of aromatic amines is 1. The van der Waals surface area contributed by atoms with Gasteiger partial charge in [-0.25, -0.2) is 13.8 Å². The van der Waals surface area contributed by atoms with Gasteiger partial charge in [-0.15, -0.1) is 0 Å². The second-order valence-electron chi connectivity index (χ2n) is 7.89. The Kier molecular flexibility index (Phi) is 4.63. The first-order valence-corrected chi connectivity index (χ1v) is 9.99. The van der Waals surface area contributed by atoms with Crippen molar-refractivity contribution in [2.75, 3.05) is 19.4 Å². The van der Waals surface area contributed by atoms with Gasteiger partial charge < -0.3 is 14.6 Å². The van der Waals surface area contributed by atoms with Gasteiger partial charge in [-0.2, -0.15) is 5.10 Å². The summed E-state index contributed by atoms with van der Waals surface area (Å²) in [6.45, 7) is 0.350. The molecule has 1 aromatic carbocycles. The van der Waals surface area contributed by atoms with Crippen molar-refractivity contribution < 1.29 is 13.6 Å². The number of amides is 1. The molecule has 4 aromatic rings. The molecule has 0 unspecified atom stereocenters. The maximum atomic E-state index is 15.2. The molecule has 31 heavy (non-hydrogen) atoms. The van der Waals surface area contributed by atoms with E-state index in [4.69, 9.17) is 11.6 Å². The number of carbonyl (C=O) groups excluding carboxylic acids is 1. The lowest BCUT2D eigenvalue weighted by molar-refractivity contribution is -0.117. The van der Waals surface area contributed by atoms with E-state index in [1.165, 1.54) is 6.20 Å². The minimum absolute atomic E-state index is 0.0473. The fourth-order valence-corrected chi connectivity index (χ4v) is 3.95. The molecule has 160 valence electrons. The highest BCUT2D eigenvalue weighted by atomic mass is 35.5. The summed E-state index contributed by atoms with van der Waals surface area (Å²) < 4.78 is 29.9. The first-order chi connectivity index (χ1) is 14.8. The molecule has 1 fully saturated rings. The summed E-state index contributed by atoms with van der Waals surface area (Å²) in [7, 11) is 3.68. The first-order valence-electron chi connectivity index (χ1n) is 9.61. The summed E-state index contributed by atoms with van der Waals surface area (Å²) >= 11 is 6.44. The third-order valence-corrected chi connectivity index (χ3v) is 5.61. The van der Waals surface area contributed by atoms with Crippen LogP contribution in [-0.4, -0.2) is 55.6 Å². The Bertz CT molecular complexity index is 1330. The van der Waals surface area contributed by atoms with Gasteiger partial charge in [-0.1, -0.05) is 11.6 Å². The zero-order valence-electron chi connectivity index (χ0n) is 16.7. The van der Waals surface area contributed by atoms with E-state index in [0.717, 1.165) is 0 Å². The van der Waals surface area contributed by atoms with E-state index in [1.54, 1.807) is 23.0 Å². The number of carbonyl (C=O) groups is 1. The molecule has 5 rings (SSSR count). The van der Waals surface area contributed by atoms with Gasteiger partial charge in [0.05, 0.1) is 40.7 Å². The fourth-order valence-electron chi connectivity index (χ4n) is 3.63. The molecule has 1 saturated carbocycles. The molecule has 3 aromatic heterocycles. The molecule has 2 N–H and O–H groups in total. The van der Waals surface area contributed by atoms with E-state index in [-0.39, 0.29) is 17.3 Å². The maximum absolute atomic E-state index is 15.2. The zero-order chi connectivity index (χ0) is 21.9. The number of alkyl halides is 1. The zero-order valence-corrected chi connectivity index (χ0v) is 17.4. The number of anilines is 1. The number of hydrogen-bond donors (Lipinski definition) is 2. The topological polar surface area (TPSA) is 91.2 Å². The van der Waals surface area contributed by atoms with Crippen molar-refractivity contribution in [1.82, 2.24) is 29.5 Å². The predicted octanol–water partition coefficient (Wildman–Crippen LogP) is 3.42. The Labute approximate surface area is 180 Å². The van der Waals surface area contributed by atoms with E-state index < -0.39 is 23.8 Å². The van der Waals surface area contributed by atoms with Crippen LogP contribution in [0.25, 0.3) is 27.8 Å². The summed E-state index contributed by atoms with van der Waals surface area (Å²) in [4.78, 5) is 22.5. The van der Waals surface area contributed by atoms with Gasteiger partial charge in [0.15, 0.2) is 11.5 Å². The van der Waals surface area contributed by atoms with Crippen LogP contribution in [0.5, 0.6) is 0 Å². The standard InChI is InChI=1S/C20H18ClF2N7O/c1-29(2)6-11-18(23)17(21)16(10-4-25-28-19(10)11)13-7-30-8-14(26-15(30)5-24-13)27-20(31)9-3-12(9)22/h4-5,7-9,12H,3,6H2,1-2H3,(H,25,28)(H,27,31)/t9-,12+/m1/s1. The van der Waals surface area contributed by atoms with Crippen LogP contribution in [0, 0.1) is 11.7 Å². The van der Waals surface area contributed by atoms with Gasteiger partial charge in [0, 0.05) is 29.3 Å². The monoisotopic (exact) mass is 445 g/mol. The summed E-state index contributed by atoms with van der Waals surface area (Å²) in [6, 6.07) is 0. The van der Waals surface area contributed by atoms with Crippen molar-refractivity contribution in [2.24, 2.45) is 5.92 Å². The Morgan fingerprint density at radius 3 is 2.87 bits per heavy atom. The molecule has 0 spiro atoms. The van der Waals surface area contributed by atoms with Crippen LogP contribution in [0.15, 0.2) is 24.8 Å². The summed E-state index contributed by atoms with van der Waals surface area (Å²) in [5, 5.41) is 10.1. The van der Waals surface area contributed by atoms with E-state index >= 15 is 4.39 Å². The predicted molar refractivity (Wildman–Crippen MR) is 112 cm³/mol. The molecule has 11 heteroatoms. The molecule has 3 heterocycles. The lowest BCUT2D eigenvalue weighted by Gasteiger charge is -2.15. The summed E-state index contributed by atoms with van der Waals surface area (Å²) in [6.07, 6.45) is 5.46. The molecular weight excluding hydrogens is 428 g/mol. The number of benzene rings is 1. The van der Waals surface area contributed by atoms with Crippen LogP contribution in [0.1, 0.15) is 12.0 Å². The molecule has 0 saturated heterocycles. The lowest BCUT2D eigenvalue weighted by Crippen LogP contribution is -2.15. The average molecular weight is 446 g/mol. The number of imidazole rings is 1. The third-order valence-electron chi connectivity index (χ3n) is 5.26. The SMILES string of the molecule is CN(C)Cc1c(F)c(Cl)c(-c2cn3cc(NC(=O)[C@@H]4C[C@@H]4F)nc3cn2)c2cn[nH]c12. The highest BCUT2D eigenvalue weighted by Gasteiger charge is 2.43. The number of nitrogens with zero attached hydrogens (tertiary/aromatic N) is 5. The largest absolute Gasteiger partial charge is 0.309 e. The van der Waals surface area contributed by atoms with Gasteiger partial charge in [0.25, 0.3) is 0 Å². The van der Waals surface area contributed by atoms with Crippen LogP contribution in [0.3, 0.4) is 0 Å². The number of hydrogen-bond acceptors (Lipinski definition) is 5. The molecule has 8 nitrogen and oxygen atoms in total. The number of fused-ring (bicyclic) bond motifs is 2. The van der Waals surface area contributed by atoms with Crippen molar-refractivity contribution in [3.05, 3.63) is 41.2 Å². The Morgan fingerprint density at radius 2 is 2.16 bits per heavy atom. The normalized spacial score (nSPS) is 18.3. The lowest BCUT2D eigenvalue weighted by atomic mass is 10.0. The summed E-state index contributed by atoms with van der Waals surface area (Å²) in [5.74, 6) is -1.26. The number of nitrogens with one attached hydrogen (secondary N) is 2. The van der Waals surface area contributed by atoms with E-state index in [2.05, 4.69) is 25.5 Å². The molecular formula is C20H18ClF2N7O. The van der Waals surface area contributed by atoms with E-state index in [1.807, 2.05) is 19.0 Å². The second-order valence-corrected chi connectivity index (χ2v) is 8.27. The third kappa shape index (κ3) is 3.41. The highest BCUT2D eigenvalue weighted by Crippen LogP contribution is 2.39. The maximum Gasteiger partial charge on any atom is 0.231 e. The Morgan fingerprint density at radius 1 is 1.39 bits per heavy atom. The number of halogens is 3. The van der Waals surface area contributed by atoms with E-state index in [0.29, 0.717) is 39.9 Å². The number of rotatable bonds is 5. The van der Waals surface area contributed by atoms with Crippen molar-refractivity contribution in [1.29, 1.82) is 0 Å². The molecule has 1 aliphatic carbocycles. The minimum atomic E-state index is -1.09. The van der Waals surface area contributed by atoms with Crippen molar-refractivity contribution in [2.45, 2.75) is 19.1 Å². The molecule has 1 aliphatic rings. The Balaban J connectivity index is 1.57. The quantitative estimate of drug-likeness (QED) is 0.491. The molecule has 0 radical (unpaired) electrons. The van der Waals surface area contributed by atoms with Gasteiger partial charge in [0.2, 0.25) is 5.91 Å². The smallest absolute Gasteiger partial charge is 0.231 e. The molecule has 2 atom stereocenters. The van der Waals surface area contributed by atoms with Gasteiger partial charge >= 0.3 is 0 Å². The number of aromatic nitrogens is 5. The van der Waals surface area contributed by atoms with Crippen LogP contribution in [0.2, 0.25) is 5.02 Å². The van der Waals surface area contributed by atoms with Crippen LogP contribution >= 0.6 is 11.6 Å². The highest BCUT2D eigenvalue weighted by molar-refractivity contribution is 6.35. The first kappa shape index (κ1) is 19.8. The van der Waals surface area contributed by atoms with Crippen molar-refractivity contribution in [3.8, 4) is 11.3 Å². The number of H-pyrrole nitrogens is 1. The van der Waals surface area contributed by atoms with Gasteiger partial charge in [0.1, 0.15) is 12.0 Å². The van der Waals surface area contributed by atoms with Crippen LogP contribution in [0.4, 0.5) is 14.6 Å². The van der Waals surface area contributed by atoms with Crippen LogP contribution < -0.4 is 5.32 Å². The average Bonchev–Trinajstić information content (AvgIpc) is 3.11. The summed E-state index contributed by atoms with van der Waals surface area (Å²) in [5.41, 5.74) is 2.27. The van der Waals surface area contributed by atoms with Gasteiger partial charge in [-0.05, 0) is 20.5 Å². The van der Waals surface area contributed by atoms with Crippen LogP contribution in [-0.2, 0) is 11.3 Å². The van der Waals surface area contributed by atoms with E-state index in [9.17, 15) is 9.18 Å². The molecule has 0 aliphatic heterocycles. The molecule has 1 amide bonds. The fraction of sp³-hybridized carbons (Fsp3) is 0.300. The molecule has 0 bridgehead atoms.